The highest BCUT2D eigenvalue weighted by Gasteiger charge is 2.10. The molecule has 1 aromatic heterocycles. The van der Waals surface area contributed by atoms with E-state index in [0.29, 0.717) is 5.69 Å². The quantitative estimate of drug-likeness (QED) is 0.861. The van der Waals surface area contributed by atoms with E-state index >= 15 is 0 Å². The van der Waals surface area contributed by atoms with Crippen molar-refractivity contribution in [3.05, 3.63) is 42.4 Å². The molecule has 104 valence electrons. The number of hydrogen-bond acceptors (Lipinski definition) is 6. The molecule has 0 aliphatic rings. The van der Waals surface area contributed by atoms with Crippen LogP contribution in [0.3, 0.4) is 0 Å². The first kappa shape index (κ1) is 13.9. The van der Waals surface area contributed by atoms with Crippen molar-refractivity contribution in [2.24, 2.45) is 0 Å². The lowest BCUT2D eigenvalue weighted by atomic mass is 10.3. The van der Waals surface area contributed by atoms with Gasteiger partial charge < -0.3 is 11.1 Å². The molecule has 0 bridgehead atoms. The van der Waals surface area contributed by atoms with Gasteiger partial charge in [-0.1, -0.05) is 0 Å². The van der Waals surface area contributed by atoms with Gasteiger partial charge in [0.2, 0.25) is 0 Å². The van der Waals surface area contributed by atoms with Crippen LogP contribution in [0.1, 0.15) is 10.5 Å². The highest BCUT2D eigenvalue weighted by atomic mass is 32.2. The molecule has 20 heavy (non-hydrogen) atoms. The number of nitrogens with two attached hydrogens (primary N) is 1. The molecule has 7 nitrogen and oxygen atoms in total. The second-order valence-electron chi connectivity index (χ2n) is 4.08. The van der Waals surface area contributed by atoms with E-state index in [1.54, 1.807) is 0 Å². The minimum Gasteiger partial charge on any atom is -0.382 e. The van der Waals surface area contributed by atoms with Crippen molar-refractivity contribution in [3.63, 3.8) is 0 Å². The Bertz CT molecular complexity index is 742. The molecule has 0 spiro atoms. The van der Waals surface area contributed by atoms with Crippen LogP contribution in [0.15, 0.2) is 41.6 Å². The van der Waals surface area contributed by atoms with E-state index in [0.717, 1.165) is 6.26 Å². The minimum absolute atomic E-state index is 0.0807. The number of carbonyl (C=O) groups excluding carboxylic acids is 1. The molecule has 1 amide bonds. The van der Waals surface area contributed by atoms with Crippen LogP contribution >= 0.6 is 0 Å². The molecule has 0 saturated heterocycles. The van der Waals surface area contributed by atoms with E-state index in [1.807, 2.05) is 0 Å². The topological polar surface area (TPSA) is 115 Å². The number of benzene rings is 1. The van der Waals surface area contributed by atoms with Crippen molar-refractivity contribution >= 4 is 27.2 Å². The van der Waals surface area contributed by atoms with Gasteiger partial charge in [-0.05, 0) is 24.3 Å². The summed E-state index contributed by atoms with van der Waals surface area (Å²) in [7, 11) is -3.26. The van der Waals surface area contributed by atoms with E-state index in [9.17, 15) is 13.2 Å². The second-order valence-corrected chi connectivity index (χ2v) is 6.10. The van der Waals surface area contributed by atoms with Gasteiger partial charge in [-0.25, -0.2) is 13.4 Å². The molecule has 3 N–H and O–H groups in total. The highest BCUT2D eigenvalue weighted by Crippen LogP contribution is 2.14. The average molecular weight is 292 g/mol. The Labute approximate surface area is 115 Å². The number of amides is 1. The zero-order chi connectivity index (χ0) is 14.8. The largest absolute Gasteiger partial charge is 0.382 e. The number of nitrogen functional groups attached to an aromatic ring is 1. The van der Waals surface area contributed by atoms with Crippen LogP contribution in [0, 0.1) is 0 Å². The van der Waals surface area contributed by atoms with Gasteiger partial charge in [0.05, 0.1) is 17.3 Å². The Hall–Kier alpha value is -2.48. The monoisotopic (exact) mass is 292 g/mol. The van der Waals surface area contributed by atoms with E-state index in [-0.39, 0.29) is 16.4 Å². The minimum atomic E-state index is -3.26. The summed E-state index contributed by atoms with van der Waals surface area (Å²) in [5.41, 5.74) is 5.97. The lowest BCUT2D eigenvalue weighted by molar-refractivity contribution is 0.102. The van der Waals surface area contributed by atoms with Gasteiger partial charge >= 0.3 is 0 Å². The molecule has 8 heteroatoms. The Morgan fingerprint density at radius 1 is 1.20 bits per heavy atom. The van der Waals surface area contributed by atoms with Crippen LogP contribution in [-0.2, 0) is 9.84 Å². The summed E-state index contributed by atoms with van der Waals surface area (Å²) >= 11 is 0. The summed E-state index contributed by atoms with van der Waals surface area (Å²) < 4.78 is 22.6. The molecule has 0 unspecified atom stereocenters. The van der Waals surface area contributed by atoms with Crippen LogP contribution in [-0.4, -0.2) is 30.5 Å². The fourth-order valence-electron chi connectivity index (χ4n) is 1.47. The predicted molar refractivity (Wildman–Crippen MR) is 73.9 cm³/mol. The third-order valence-electron chi connectivity index (χ3n) is 2.43. The third kappa shape index (κ3) is 3.29. The second kappa shape index (κ2) is 5.25. The van der Waals surface area contributed by atoms with E-state index in [1.165, 1.54) is 36.7 Å². The molecule has 0 fully saturated rings. The maximum atomic E-state index is 11.9. The number of nitrogens with one attached hydrogen (secondary N) is 1. The molecule has 1 aromatic carbocycles. The zero-order valence-electron chi connectivity index (χ0n) is 10.6. The molecular weight excluding hydrogens is 280 g/mol. The van der Waals surface area contributed by atoms with Gasteiger partial charge in [0.1, 0.15) is 11.5 Å². The Kier molecular flexibility index (Phi) is 3.66. The van der Waals surface area contributed by atoms with Gasteiger partial charge in [0.15, 0.2) is 9.84 Å². The van der Waals surface area contributed by atoms with Crippen molar-refractivity contribution in [1.82, 2.24) is 9.97 Å². The number of carbonyl (C=O) groups is 1. The van der Waals surface area contributed by atoms with Crippen LogP contribution in [0.5, 0.6) is 0 Å². The Morgan fingerprint density at radius 3 is 2.40 bits per heavy atom. The number of sulfone groups is 1. The van der Waals surface area contributed by atoms with Crippen molar-refractivity contribution in [2.75, 3.05) is 17.3 Å². The van der Waals surface area contributed by atoms with Gasteiger partial charge in [0, 0.05) is 11.9 Å². The molecule has 0 aliphatic heterocycles. The first-order valence-corrected chi connectivity index (χ1v) is 7.44. The number of aromatic nitrogens is 2. The van der Waals surface area contributed by atoms with Gasteiger partial charge in [0.25, 0.3) is 5.91 Å². The molecular formula is C12H12N4O3S. The first-order chi connectivity index (χ1) is 9.36. The van der Waals surface area contributed by atoms with Crippen molar-refractivity contribution in [3.8, 4) is 0 Å². The molecule has 0 saturated carbocycles. The SMILES string of the molecule is CS(=O)(=O)c1ccc(NC(=O)c2cncc(N)n2)cc1. The summed E-state index contributed by atoms with van der Waals surface area (Å²) in [6.45, 7) is 0. The maximum absolute atomic E-state index is 11.9. The van der Waals surface area contributed by atoms with Crippen LogP contribution in [0.4, 0.5) is 11.5 Å². The molecule has 1 heterocycles. The summed E-state index contributed by atoms with van der Waals surface area (Å²) in [6, 6.07) is 5.81. The Morgan fingerprint density at radius 2 is 1.85 bits per heavy atom. The Balaban J connectivity index is 2.16. The number of nitrogens with zero attached hydrogens (tertiary/aromatic N) is 2. The standard InChI is InChI=1S/C12H12N4O3S/c1-20(18,19)9-4-2-8(3-5-9)15-12(17)10-6-14-7-11(13)16-10/h2-7H,1H3,(H2,13,16)(H,15,17). The van der Waals surface area contributed by atoms with E-state index < -0.39 is 15.7 Å². The van der Waals surface area contributed by atoms with Crippen molar-refractivity contribution in [2.45, 2.75) is 4.90 Å². The molecule has 0 aliphatic carbocycles. The first-order valence-electron chi connectivity index (χ1n) is 5.55. The maximum Gasteiger partial charge on any atom is 0.275 e. The normalized spacial score (nSPS) is 11.1. The van der Waals surface area contributed by atoms with E-state index in [2.05, 4.69) is 15.3 Å². The average Bonchev–Trinajstić information content (AvgIpc) is 2.38. The van der Waals surface area contributed by atoms with Crippen LogP contribution in [0.25, 0.3) is 0 Å². The fourth-order valence-corrected chi connectivity index (χ4v) is 2.10. The van der Waals surface area contributed by atoms with Crippen LogP contribution < -0.4 is 11.1 Å². The molecule has 2 aromatic rings. The summed E-state index contributed by atoms with van der Waals surface area (Å²) in [5, 5.41) is 2.57. The molecule has 2 rings (SSSR count). The highest BCUT2D eigenvalue weighted by molar-refractivity contribution is 7.90. The molecule has 0 radical (unpaired) electrons. The third-order valence-corrected chi connectivity index (χ3v) is 3.55. The van der Waals surface area contributed by atoms with Crippen molar-refractivity contribution in [1.29, 1.82) is 0 Å². The number of anilines is 2. The van der Waals surface area contributed by atoms with E-state index in [4.69, 9.17) is 5.73 Å². The summed E-state index contributed by atoms with van der Waals surface area (Å²) in [4.78, 5) is 19.6. The number of hydrogen-bond donors (Lipinski definition) is 2. The lowest BCUT2D eigenvalue weighted by Crippen LogP contribution is -2.14. The lowest BCUT2D eigenvalue weighted by Gasteiger charge is -2.05. The summed E-state index contributed by atoms with van der Waals surface area (Å²) in [5.74, 6) is -0.332. The van der Waals surface area contributed by atoms with Gasteiger partial charge in [-0.15, -0.1) is 0 Å². The smallest absolute Gasteiger partial charge is 0.275 e. The fraction of sp³-hybridized carbons (Fsp3) is 0.0833. The summed E-state index contributed by atoms with van der Waals surface area (Å²) in [6.07, 6.45) is 3.73. The van der Waals surface area contributed by atoms with Gasteiger partial charge in [-0.3, -0.25) is 9.78 Å². The predicted octanol–water partition coefficient (Wildman–Crippen LogP) is 0.715. The van der Waals surface area contributed by atoms with Gasteiger partial charge in [-0.2, -0.15) is 0 Å². The number of rotatable bonds is 3. The van der Waals surface area contributed by atoms with Crippen molar-refractivity contribution < 1.29 is 13.2 Å². The van der Waals surface area contributed by atoms with Crippen LogP contribution in [0.2, 0.25) is 0 Å². The zero-order valence-corrected chi connectivity index (χ0v) is 11.4. The molecule has 0 atom stereocenters.